The number of benzene rings is 1. The van der Waals surface area contributed by atoms with Crippen molar-refractivity contribution in [3.8, 4) is 0 Å². The molecule has 94 valence electrons. The van der Waals surface area contributed by atoms with Gasteiger partial charge in [0.15, 0.2) is 0 Å². The van der Waals surface area contributed by atoms with E-state index in [1.54, 1.807) is 0 Å². The van der Waals surface area contributed by atoms with Gasteiger partial charge in [-0.05, 0) is 46.8 Å². The Morgan fingerprint density at radius 3 is 2.82 bits per heavy atom. The SMILES string of the molecule is C=CCCCCCC(N)c1cccc(Br)c1Cl. The summed E-state index contributed by atoms with van der Waals surface area (Å²) in [4.78, 5) is 0. The Bertz CT molecular complexity index is 365. The molecule has 1 unspecified atom stereocenters. The summed E-state index contributed by atoms with van der Waals surface area (Å²) < 4.78 is 0.916. The van der Waals surface area contributed by atoms with E-state index in [4.69, 9.17) is 17.3 Å². The first-order chi connectivity index (χ1) is 8.16. The lowest BCUT2D eigenvalue weighted by molar-refractivity contribution is 0.572. The molecule has 1 aromatic carbocycles. The van der Waals surface area contributed by atoms with Crippen molar-refractivity contribution in [1.29, 1.82) is 0 Å². The van der Waals surface area contributed by atoms with Crippen molar-refractivity contribution >= 4 is 27.5 Å². The maximum Gasteiger partial charge on any atom is 0.0595 e. The van der Waals surface area contributed by atoms with Gasteiger partial charge in [0, 0.05) is 10.5 Å². The van der Waals surface area contributed by atoms with Crippen LogP contribution in [0.1, 0.15) is 43.7 Å². The molecule has 0 radical (unpaired) electrons. The molecule has 0 fully saturated rings. The van der Waals surface area contributed by atoms with Gasteiger partial charge in [-0.2, -0.15) is 0 Å². The first-order valence-corrected chi connectivity index (χ1v) is 7.14. The van der Waals surface area contributed by atoms with Crippen LogP contribution in [0.5, 0.6) is 0 Å². The average molecular weight is 317 g/mol. The number of hydrogen-bond donors (Lipinski definition) is 1. The van der Waals surface area contributed by atoms with Crippen LogP contribution in [0.15, 0.2) is 35.3 Å². The van der Waals surface area contributed by atoms with Crippen molar-refractivity contribution in [1.82, 2.24) is 0 Å². The molecule has 0 aliphatic rings. The van der Waals surface area contributed by atoms with E-state index < -0.39 is 0 Å². The normalized spacial score (nSPS) is 12.4. The third kappa shape index (κ3) is 4.82. The molecule has 1 rings (SSSR count). The Labute approximate surface area is 117 Å². The van der Waals surface area contributed by atoms with E-state index in [0.717, 1.165) is 34.3 Å². The number of allylic oxidation sites excluding steroid dienone is 1. The van der Waals surface area contributed by atoms with Gasteiger partial charge < -0.3 is 5.73 Å². The molecular weight excluding hydrogens is 298 g/mol. The second-order valence-corrected chi connectivity index (χ2v) is 5.41. The highest BCUT2D eigenvalue weighted by Crippen LogP contribution is 2.31. The van der Waals surface area contributed by atoms with Gasteiger partial charge in [-0.15, -0.1) is 6.58 Å². The molecule has 17 heavy (non-hydrogen) atoms. The summed E-state index contributed by atoms with van der Waals surface area (Å²) in [5.74, 6) is 0. The molecule has 0 spiro atoms. The van der Waals surface area contributed by atoms with Crippen LogP contribution in [0.2, 0.25) is 5.02 Å². The highest BCUT2D eigenvalue weighted by molar-refractivity contribution is 9.10. The maximum atomic E-state index is 6.21. The zero-order valence-electron chi connectivity index (χ0n) is 9.96. The third-order valence-corrected chi connectivity index (χ3v) is 4.12. The minimum absolute atomic E-state index is 0.0312. The fourth-order valence-electron chi connectivity index (χ4n) is 1.79. The molecule has 1 nitrogen and oxygen atoms in total. The second kappa shape index (κ2) is 7.91. The van der Waals surface area contributed by atoms with E-state index in [2.05, 4.69) is 22.5 Å². The molecule has 0 aliphatic heterocycles. The molecule has 0 saturated heterocycles. The number of nitrogens with two attached hydrogens (primary N) is 1. The molecular formula is C14H19BrClN. The number of halogens is 2. The summed E-state index contributed by atoms with van der Waals surface area (Å²) in [6, 6.07) is 5.94. The fraction of sp³-hybridized carbons (Fsp3) is 0.429. The minimum atomic E-state index is 0.0312. The molecule has 2 N–H and O–H groups in total. The summed E-state index contributed by atoms with van der Waals surface area (Å²) in [5, 5.41) is 0.742. The van der Waals surface area contributed by atoms with Gasteiger partial charge in [-0.1, -0.05) is 42.7 Å². The standard InChI is InChI=1S/C14H19BrClN/c1-2-3-4-5-6-10-13(17)11-8-7-9-12(15)14(11)16/h2,7-9,13H,1,3-6,10,17H2. The molecule has 0 amide bonds. The maximum absolute atomic E-state index is 6.21. The zero-order chi connectivity index (χ0) is 12.7. The van der Waals surface area contributed by atoms with Crippen LogP contribution >= 0.6 is 27.5 Å². The molecule has 1 aromatic rings. The van der Waals surface area contributed by atoms with Crippen molar-refractivity contribution in [2.45, 2.75) is 38.1 Å². The van der Waals surface area contributed by atoms with E-state index >= 15 is 0 Å². The molecule has 0 aromatic heterocycles. The van der Waals surface area contributed by atoms with E-state index in [9.17, 15) is 0 Å². The summed E-state index contributed by atoms with van der Waals surface area (Å²) in [6.07, 6.45) is 7.57. The van der Waals surface area contributed by atoms with E-state index in [1.807, 2.05) is 24.3 Å². The summed E-state index contributed by atoms with van der Waals surface area (Å²) in [7, 11) is 0. The molecule has 0 saturated carbocycles. The number of rotatable bonds is 7. The topological polar surface area (TPSA) is 26.0 Å². The smallest absolute Gasteiger partial charge is 0.0595 e. The van der Waals surface area contributed by atoms with Gasteiger partial charge in [0.2, 0.25) is 0 Å². The third-order valence-electron chi connectivity index (χ3n) is 2.80. The monoisotopic (exact) mass is 315 g/mol. The van der Waals surface area contributed by atoms with Crippen molar-refractivity contribution in [3.63, 3.8) is 0 Å². The largest absolute Gasteiger partial charge is 0.324 e. The Hall–Kier alpha value is -0.310. The lowest BCUT2D eigenvalue weighted by Gasteiger charge is -2.14. The van der Waals surface area contributed by atoms with Crippen molar-refractivity contribution in [3.05, 3.63) is 45.9 Å². The van der Waals surface area contributed by atoms with E-state index in [1.165, 1.54) is 12.8 Å². The Morgan fingerprint density at radius 1 is 1.35 bits per heavy atom. The van der Waals surface area contributed by atoms with Crippen LogP contribution in [0, 0.1) is 0 Å². The Kier molecular flexibility index (Phi) is 6.86. The average Bonchev–Trinajstić information content (AvgIpc) is 2.32. The van der Waals surface area contributed by atoms with Crippen molar-refractivity contribution in [2.75, 3.05) is 0 Å². The molecule has 3 heteroatoms. The summed E-state index contributed by atoms with van der Waals surface area (Å²) in [6.45, 7) is 3.71. The van der Waals surface area contributed by atoms with Crippen LogP contribution in [-0.2, 0) is 0 Å². The van der Waals surface area contributed by atoms with E-state index in [0.29, 0.717) is 0 Å². The van der Waals surface area contributed by atoms with Gasteiger partial charge in [0.1, 0.15) is 0 Å². The highest BCUT2D eigenvalue weighted by Gasteiger charge is 2.11. The van der Waals surface area contributed by atoms with Gasteiger partial charge in [-0.3, -0.25) is 0 Å². The van der Waals surface area contributed by atoms with Crippen molar-refractivity contribution in [2.24, 2.45) is 5.73 Å². The van der Waals surface area contributed by atoms with Crippen LogP contribution in [-0.4, -0.2) is 0 Å². The van der Waals surface area contributed by atoms with Crippen LogP contribution in [0.4, 0.5) is 0 Å². The molecule has 1 atom stereocenters. The van der Waals surface area contributed by atoms with Gasteiger partial charge >= 0.3 is 0 Å². The predicted octanol–water partition coefficient (Wildman–Crippen LogP) is 5.24. The van der Waals surface area contributed by atoms with Crippen LogP contribution in [0.3, 0.4) is 0 Å². The first-order valence-electron chi connectivity index (χ1n) is 5.97. The molecule has 0 heterocycles. The Morgan fingerprint density at radius 2 is 2.12 bits per heavy atom. The quantitative estimate of drug-likeness (QED) is 0.540. The van der Waals surface area contributed by atoms with Crippen LogP contribution < -0.4 is 5.73 Å². The first kappa shape index (κ1) is 14.7. The summed E-state index contributed by atoms with van der Waals surface area (Å²) in [5.41, 5.74) is 7.19. The van der Waals surface area contributed by atoms with E-state index in [-0.39, 0.29) is 6.04 Å². The number of unbranched alkanes of at least 4 members (excludes halogenated alkanes) is 3. The van der Waals surface area contributed by atoms with Gasteiger partial charge in [-0.25, -0.2) is 0 Å². The van der Waals surface area contributed by atoms with Gasteiger partial charge in [0.05, 0.1) is 5.02 Å². The predicted molar refractivity (Wildman–Crippen MR) is 79.4 cm³/mol. The van der Waals surface area contributed by atoms with Crippen LogP contribution in [0.25, 0.3) is 0 Å². The van der Waals surface area contributed by atoms with Crippen molar-refractivity contribution < 1.29 is 0 Å². The minimum Gasteiger partial charge on any atom is -0.324 e. The zero-order valence-corrected chi connectivity index (χ0v) is 12.3. The lowest BCUT2D eigenvalue weighted by Crippen LogP contribution is -2.10. The lowest BCUT2D eigenvalue weighted by atomic mass is 10.0. The fourth-order valence-corrected chi connectivity index (χ4v) is 2.44. The highest BCUT2D eigenvalue weighted by atomic mass is 79.9. The summed E-state index contributed by atoms with van der Waals surface area (Å²) >= 11 is 9.63. The second-order valence-electron chi connectivity index (χ2n) is 4.18. The number of hydrogen-bond acceptors (Lipinski definition) is 1. The van der Waals surface area contributed by atoms with Gasteiger partial charge in [0.25, 0.3) is 0 Å². The molecule has 0 aliphatic carbocycles. The Balaban J connectivity index is 2.44. The molecule has 0 bridgehead atoms.